The molecule has 0 aliphatic heterocycles. The van der Waals surface area contributed by atoms with Crippen LogP contribution in [0.4, 0.5) is 0 Å². The molecule has 0 spiro atoms. The first-order valence-electron chi connectivity index (χ1n) is 2.32. The van der Waals surface area contributed by atoms with Crippen molar-refractivity contribution in [3.63, 3.8) is 0 Å². The van der Waals surface area contributed by atoms with Gasteiger partial charge in [-0.1, -0.05) is 6.92 Å². The largest absolute Gasteiger partial charge is 0.358 e. The predicted molar refractivity (Wildman–Crippen MR) is 36.4 cm³/mol. The van der Waals surface area contributed by atoms with Crippen LogP contribution in [0.3, 0.4) is 0 Å². The molecule has 1 aromatic carbocycles. The molecule has 1 rings (SSSR count). The quantitative estimate of drug-likeness (QED) is 0.557. The van der Waals surface area contributed by atoms with E-state index in [1.165, 1.54) is 5.56 Å². The van der Waals surface area contributed by atoms with E-state index in [0.717, 1.165) is 0 Å². The van der Waals surface area contributed by atoms with Crippen molar-refractivity contribution in [3.8, 4) is 0 Å². The average molecular weight is 195 g/mol. The second kappa shape index (κ2) is 6.44. The number of benzene rings is 1. The molecule has 0 aliphatic rings. The maximum Gasteiger partial charge on any atom is 0 e. The Morgan fingerprint density at radius 1 is 1.22 bits per heavy atom. The van der Waals surface area contributed by atoms with Crippen molar-refractivity contribution in [2.45, 2.75) is 6.92 Å². The second-order valence-electron chi connectivity index (χ2n) is 1.58. The molecular formula is C8H10Y-2. The monoisotopic (exact) mass is 195 g/mol. The van der Waals surface area contributed by atoms with Crippen molar-refractivity contribution in [1.29, 1.82) is 0 Å². The summed E-state index contributed by atoms with van der Waals surface area (Å²) in [6.45, 7) is 2.06. The van der Waals surface area contributed by atoms with Gasteiger partial charge in [0.15, 0.2) is 0 Å². The minimum absolute atomic E-state index is 0. The molecule has 0 saturated carbocycles. The van der Waals surface area contributed by atoms with Gasteiger partial charge in [-0.2, -0.15) is 35.9 Å². The topological polar surface area (TPSA) is 0 Å². The van der Waals surface area contributed by atoms with Crippen LogP contribution < -0.4 is 0 Å². The van der Waals surface area contributed by atoms with Crippen LogP contribution in [0.5, 0.6) is 0 Å². The Hall–Kier alpha value is 0.324. The number of hydrogen-bond acceptors (Lipinski definition) is 0. The molecule has 0 atom stereocenters. The molecule has 0 saturated heterocycles. The van der Waals surface area contributed by atoms with E-state index in [1.807, 2.05) is 24.3 Å². The molecule has 0 amide bonds. The minimum atomic E-state index is 0. The van der Waals surface area contributed by atoms with Gasteiger partial charge < -0.3 is 7.43 Å². The molecule has 0 heterocycles. The van der Waals surface area contributed by atoms with Gasteiger partial charge in [0.25, 0.3) is 0 Å². The van der Waals surface area contributed by atoms with Crippen LogP contribution >= 0.6 is 0 Å². The molecule has 0 N–H and O–H groups in total. The molecule has 0 aromatic heterocycles. The molecule has 47 valence electrons. The summed E-state index contributed by atoms with van der Waals surface area (Å²) >= 11 is 0. The smallest absolute Gasteiger partial charge is 0 e. The Balaban J connectivity index is 0. The Morgan fingerprint density at radius 2 is 1.67 bits per heavy atom. The van der Waals surface area contributed by atoms with Gasteiger partial charge in [0, 0.05) is 32.7 Å². The number of aryl methyl sites for hydroxylation is 1. The summed E-state index contributed by atoms with van der Waals surface area (Å²) in [7, 11) is 0. The van der Waals surface area contributed by atoms with E-state index in [4.69, 9.17) is 0 Å². The van der Waals surface area contributed by atoms with Crippen LogP contribution in [-0.2, 0) is 32.7 Å². The average Bonchev–Trinajstić information content (AvgIpc) is 1.69. The van der Waals surface area contributed by atoms with Gasteiger partial charge in [-0.05, 0) is 0 Å². The summed E-state index contributed by atoms with van der Waals surface area (Å²) in [4.78, 5) is 0. The van der Waals surface area contributed by atoms with Crippen LogP contribution in [0.1, 0.15) is 5.56 Å². The molecule has 9 heavy (non-hydrogen) atoms. The summed E-state index contributed by atoms with van der Waals surface area (Å²) in [6.07, 6.45) is 0. The van der Waals surface area contributed by atoms with Crippen LogP contribution in [0, 0.1) is 20.4 Å². The fraction of sp³-hybridized carbons (Fsp3) is 0.125. The standard InChI is InChI=1S/C7H7.CH3.Y/c1-7-5-3-2-4-6-7;;/h3-6H,1H3;1H3;/q2*-1;. The second-order valence-corrected chi connectivity index (χ2v) is 1.58. The summed E-state index contributed by atoms with van der Waals surface area (Å²) < 4.78 is 0. The third kappa shape index (κ3) is 4.80. The van der Waals surface area contributed by atoms with Crippen LogP contribution in [0.25, 0.3) is 0 Å². The fourth-order valence-electron chi connectivity index (χ4n) is 0.470. The molecule has 0 unspecified atom stereocenters. The summed E-state index contributed by atoms with van der Waals surface area (Å²) in [5, 5.41) is 0. The Kier molecular flexibility index (Phi) is 8.62. The van der Waals surface area contributed by atoms with Crippen LogP contribution in [-0.4, -0.2) is 0 Å². The van der Waals surface area contributed by atoms with Gasteiger partial charge in [-0.25, -0.2) is 0 Å². The van der Waals surface area contributed by atoms with E-state index >= 15 is 0 Å². The van der Waals surface area contributed by atoms with Crippen molar-refractivity contribution in [2.75, 3.05) is 0 Å². The zero-order valence-electron chi connectivity index (χ0n) is 5.89. The van der Waals surface area contributed by atoms with E-state index in [9.17, 15) is 0 Å². The summed E-state index contributed by atoms with van der Waals surface area (Å²) in [5.41, 5.74) is 1.29. The normalized spacial score (nSPS) is 6.78. The van der Waals surface area contributed by atoms with Gasteiger partial charge in [-0.15, -0.1) is 0 Å². The number of hydrogen-bond donors (Lipinski definition) is 0. The molecule has 1 aromatic rings. The first-order chi connectivity index (χ1) is 3.39. The fourth-order valence-corrected chi connectivity index (χ4v) is 0.470. The third-order valence-electron chi connectivity index (χ3n) is 0.885. The minimum Gasteiger partial charge on any atom is -0.358 e. The Bertz CT molecular complexity index is 134. The van der Waals surface area contributed by atoms with E-state index in [2.05, 4.69) is 13.0 Å². The molecule has 0 aliphatic carbocycles. The first-order valence-corrected chi connectivity index (χ1v) is 2.32. The van der Waals surface area contributed by atoms with E-state index in [-0.39, 0.29) is 40.1 Å². The third-order valence-corrected chi connectivity index (χ3v) is 0.885. The molecular weight excluding hydrogens is 185 g/mol. The van der Waals surface area contributed by atoms with E-state index in [1.54, 1.807) is 0 Å². The molecule has 0 nitrogen and oxygen atoms in total. The SMILES string of the molecule is Cc1cc[c-]cc1.[CH3-].[Y]. The van der Waals surface area contributed by atoms with E-state index < -0.39 is 0 Å². The van der Waals surface area contributed by atoms with Crippen molar-refractivity contribution in [1.82, 2.24) is 0 Å². The van der Waals surface area contributed by atoms with Gasteiger partial charge in [0.05, 0.1) is 0 Å². The van der Waals surface area contributed by atoms with Crippen LogP contribution in [0.15, 0.2) is 24.3 Å². The maximum atomic E-state index is 2.93. The molecule has 1 radical (unpaired) electrons. The summed E-state index contributed by atoms with van der Waals surface area (Å²) in [6, 6.07) is 10.8. The van der Waals surface area contributed by atoms with Crippen molar-refractivity contribution >= 4 is 0 Å². The van der Waals surface area contributed by atoms with Gasteiger partial charge in [0.2, 0.25) is 0 Å². The Labute approximate surface area is 82.6 Å². The molecule has 0 fully saturated rings. The zero-order chi connectivity index (χ0) is 5.11. The van der Waals surface area contributed by atoms with E-state index in [0.29, 0.717) is 0 Å². The molecule has 0 bridgehead atoms. The van der Waals surface area contributed by atoms with Crippen LogP contribution in [0.2, 0.25) is 0 Å². The first kappa shape index (κ1) is 12.0. The summed E-state index contributed by atoms with van der Waals surface area (Å²) in [5.74, 6) is 0. The van der Waals surface area contributed by atoms with Gasteiger partial charge in [-0.3, -0.25) is 0 Å². The van der Waals surface area contributed by atoms with Gasteiger partial charge >= 0.3 is 0 Å². The predicted octanol–water partition coefficient (Wildman–Crippen LogP) is 2.24. The maximum absolute atomic E-state index is 2.93. The number of rotatable bonds is 0. The van der Waals surface area contributed by atoms with Crippen molar-refractivity contribution in [3.05, 3.63) is 43.3 Å². The van der Waals surface area contributed by atoms with Gasteiger partial charge in [0.1, 0.15) is 0 Å². The Morgan fingerprint density at radius 3 is 1.89 bits per heavy atom. The zero-order valence-corrected chi connectivity index (χ0v) is 8.73. The molecule has 1 heteroatoms. The van der Waals surface area contributed by atoms with Crippen molar-refractivity contribution < 1.29 is 32.7 Å². The van der Waals surface area contributed by atoms with Crippen molar-refractivity contribution in [2.24, 2.45) is 0 Å².